The molecule has 0 radical (unpaired) electrons. The highest BCUT2D eigenvalue weighted by molar-refractivity contribution is 5.70. The van der Waals surface area contributed by atoms with Gasteiger partial charge in [0.2, 0.25) is 0 Å². The largest absolute Gasteiger partial charge is 0.462 e. The monoisotopic (exact) mass is 628 g/mol. The molecule has 0 aliphatic carbocycles. The van der Waals surface area contributed by atoms with Crippen LogP contribution >= 0.6 is 0 Å². The molecule has 0 spiro atoms. The van der Waals surface area contributed by atoms with Crippen LogP contribution in [-0.4, -0.2) is 89.0 Å². The van der Waals surface area contributed by atoms with Crippen LogP contribution in [0.3, 0.4) is 0 Å². The molecular weight excluding hydrogens is 568 g/mol. The lowest BCUT2D eigenvalue weighted by Gasteiger charge is -2.39. The normalized spacial score (nSPS) is 22.9. The third-order valence-corrected chi connectivity index (χ3v) is 7.59. The lowest BCUT2D eigenvalue weighted by Crippen LogP contribution is -2.59. The third-order valence-electron chi connectivity index (χ3n) is 7.59. The molecule has 10 nitrogen and oxygen atoms in total. The van der Waals surface area contributed by atoms with Crippen molar-refractivity contribution in [3.63, 3.8) is 0 Å². The molecule has 44 heavy (non-hydrogen) atoms. The van der Waals surface area contributed by atoms with E-state index in [1.807, 2.05) is 0 Å². The van der Waals surface area contributed by atoms with Crippen molar-refractivity contribution in [2.75, 3.05) is 19.8 Å². The van der Waals surface area contributed by atoms with E-state index in [1.54, 1.807) is 0 Å². The van der Waals surface area contributed by atoms with Crippen molar-refractivity contribution >= 4 is 11.9 Å². The Morgan fingerprint density at radius 2 is 1.30 bits per heavy atom. The van der Waals surface area contributed by atoms with Crippen molar-refractivity contribution in [2.45, 2.75) is 160 Å². The van der Waals surface area contributed by atoms with Crippen LogP contribution < -0.4 is 0 Å². The minimum Gasteiger partial charge on any atom is -0.462 e. The fourth-order valence-electron chi connectivity index (χ4n) is 4.79. The van der Waals surface area contributed by atoms with E-state index >= 15 is 0 Å². The number of aliphatic hydroxyl groups is 4. The van der Waals surface area contributed by atoms with E-state index < -0.39 is 55.4 Å². The second kappa shape index (κ2) is 26.4. The number of hydrogen-bond donors (Lipinski definition) is 4. The zero-order valence-electron chi connectivity index (χ0n) is 27.2. The van der Waals surface area contributed by atoms with Crippen molar-refractivity contribution in [3.05, 3.63) is 24.3 Å². The molecule has 10 heteroatoms. The number of carbonyl (C=O) groups is 2. The molecule has 6 atom stereocenters. The summed E-state index contributed by atoms with van der Waals surface area (Å²) in [5.41, 5.74) is 0. The maximum atomic E-state index is 12.6. The highest BCUT2D eigenvalue weighted by atomic mass is 16.7. The number of hydrogen-bond acceptors (Lipinski definition) is 10. The summed E-state index contributed by atoms with van der Waals surface area (Å²) >= 11 is 0. The molecule has 1 heterocycles. The molecule has 0 saturated carbocycles. The molecule has 1 rings (SSSR count). The fourth-order valence-corrected chi connectivity index (χ4v) is 4.79. The molecule has 0 amide bonds. The van der Waals surface area contributed by atoms with Gasteiger partial charge in [-0.15, -0.1) is 0 Å². The van der Waals surface area contributed by atoms with Gasteiger partial charge in [-0.05, 0) is 38.5 Å². The first kappa shape index (κ1) is 40.2. The van der Waals surface area contributed by atoms with E-state index in [-0.39, 0.29) is 26.1 Å². The molecule has 1 fully saturated rings. The van der Waals surface area contributed by atoms with Gasteiger partial charge in [0.15, 0.2) is 12.4 Å². The Kier molecular flexibility index (Phi) is 24.1. The van der Waals surface area contributed by atoms with E-state index in [2.05, 4.69) is 38.2 Å². The summed E-state index contributed by atoms with van der Waals surface area (Å²) in [6, 6.07) is 0. The Labute approximate surface area is 264 Å². The number of ether oxygens (including phenoxy) is 4. The predicted molar refractivity (Wildman–Crippen MR) is 169 cm³/mol. The summed E-state index contributed by atoms with van der Waals surface area (Å²) in [5, 5.41) is 39.6. The van der Waals surface area contributed by atoms with E-state index in [4.69, 9.17) is 18.9 Å². The van der Waals surface area contributed by atoms with Crippen LogP contribution in [0.15, 0.2) is 24.3 Å². The Hall–Kier alpha value is -1.82. The number of unbranched alkanes of at least 4 members (excludes halogenated alkanes) is 11. The molecule has 1 aliphatic rings. The van der Waals surface area contributed by atoms with Gasteiger partial charge in [-0.25, -0.2) is 0 Å². The molecular formula is C34H60O10. The van der Waals surface area contributed by atoms with Crippen LogP contribution in [0, 0.1) is 0 Å². The van der Waals surface area contributed by atoms with Crippen LogP contribution in [0.4, 0.5) is 0 Å². The first-order valence-electron chi connectivity index (χ1n) is 16.9. The Bertz CT molecular complexity index is 784. The van der Waals surface area contributed by atoms with Crippen LogP contribution in [-0.2, 0) is 28.5 Å². The van der Waals surface area contributed by atoms with Crippen molar-refractivity contribution in [1.82, 2.24) is 0 Å². The van der Waals surface area contributed by atoms with Crippen molar-refractivity contribution in [1.29, 1.82) is 0 Å². The minimum absolute atomic E-state index is 0.214. The number of aliphatic hydroxyl groups excluding tert-OH is 4. The van der Waals surface area contributed by atoms with Crippen LogP contribution in [0.25, 0.3) is 0 Å². The number of esters is 2. The molecule has 0 aromatic heterocycles. The molecule has 256 valence electrons. The minimum atomic E-state index is -1.59. The van der Waals surface area contributed by atoms with Crippen LogP contribution in [0.1, 0.15) is 123 Å². The smallest absolute Gasteiger partial charge is 0.306 e. The van der Waals surface area contributed by atoms with Gasteiger partial charge < -0.3 is 39.4 Å². The fraction of sp³-hybridized carbons (Fsp3) is 0.824. The Balaban J connectivity index is 2.43. The highest BCUT2D eigenvalue weighted by Crippen LogP contribution is 2.22. The van der Waals surface area contributed by atoms with Gasteiger partial charge in [0.25, 0.3) is 0 Å². The van der Waals surface area contributed by atoms with Gasteiger partial charge in [0.05, 0.1) is 13.2 Å². The van der Waals surface area contributed by atoms with Crippen molar-refractivity contribution in [2.24, 2.45) is 0 Å². The second-order valence-electron chi connectivity index (χ2n) is 11.6. The van der Waals surface area contributed by atoms with Gasteiger partial charge in [0, 0.05) is 12.8 Å². The first-order valence-corrected chi connectivity index (χ1v) is 16.9. The molecule has 0 aromatic carbocycles. The van der Waals surface area contributed by atoms with Gasteiger partial charge in [-0.1, -0.05) is 95.9 Å². The lowest BCUT2D eigenvalue weighted by atomic mass is 9.99. The van der Waals surface area contributed by atoms with E-state index in [0.29, 0.717) is 6.42 Å². The summed E-state index contributed by atoms with van der Waals surface area (Å²) in [4.78, 5) is 24.8. The topological polar surface area (TPSA) is 152 Å². The van der Waals surface area contributed by atoms with Gasteiger partial charge in [-0.2, -0.15) is 0 Å². The third kappa shape index (κ3) is 18.9. The van der Waals surface area contributed by atoms with Crippen molar-refractivity contribution in [3.8, 4) is 0 Å². The predicted octanol–water partition coefficient (Wildman–Crippen LogP) is 5.04. The maximum absolute atomic E-state index is 12.6. The Morgan fingerprint density at radius 3 is 1.95 bits per heavy atom. The van der Waals surface area contributed by atoms with E-state index in [0.717, 1.165) is 77.0 Å². The average molecular weight is 629 g/mol. The number of allylic oxidation sites excluding steroid dienone is 4. The molecule has 1 aliphatic heterocycles. The zero-order chi connectivity index (χ0) is 32.4. The lowest BCUT2D eigenvalue weighted by molar-refractivity contribution is -0.305. The summed E-state index contributed by atoms with van der Waals surface area (Å²) in [6.45, 7) is 3.23. The van der Waals surface area contributed by atoms with Crippen LogP contribution in [0.2, 0.25) is 0 Å². The number of rotatable bonds is 26. The summed E-state index contributed by atoms with van der Waals surface area (Å²) < 4.78 is 21.8. The van der Waals surface area contributed by atoms with Gasteiger partial charge >= 0.3 is 11.9 Å². The van der Waals surface area contributed by atoms with Crippen molar-refractivity contribution < 1.29 is 49.0 Å². The Morgan fingerprint density at radius 1 is 0.705 bits per heavy atom. The molecule has 0 aromatic rings. The quantitative estimate of drug-likeness (QED) is 0.0582. The molecule has 6 unspecified atom stereocenters. The molecule has 1 saturated heterocycles. The maximum Gasteiger partial charge on any atom is 0.306 e. The van der Waals surface area contributed by atoms with Crippen LogP contribution in [0.5, 0.6) is 0 Å². The van der Waals surface area contributed by atoms with Gasteiger partial charge in [0.1, 0.15) is 31.0 Å². The number of carbonyl (C=O) groups excluding carboxylic acids is 2. The SMILES string of the molecule is CCCC/C=C\C/C=C\CCCCCCCC(=O)OC(COC(=O)CCCCCCC)COC1OC(CO)C(O)C(O)C1O. The molecule has 0 bridgehead atoms. The standard InChI is InChI=1S/C34H60O10/c1-3-5-7-9-10-11-12-13-14-15-16-17-19-21-23-30(37)43-27(25-41-29(36)22-20-18-8-6-4-2)26-42-34-33(40)32(39)31(38)28(24-35)44-34/h9-10,12-13,27-28,31-35,38-40H,3-8,11,14-26H2,1-2H3/b10-9-,13-12-. The second-order valence-corrected chi connectivity index (χ2v) is 11.6. The zero-order valence-corrected chi connectivity index (χ0v) is 27.2. The summed E-state index contributed by atoms with van der Waals surface area (Å²) in [7, 11) is 0. The summed E-state index contributed by atoms with van der Waals surface area (Å²) in [5.74, 6) is -0.841. The average Bonchev–Trinajstić information content (AvgIpc) is 3.02. The van der Waals surface area contributed by atoms with Gasteiger partial charge in [-0.3, -0.25) is 9.59 Å². The highest BCUT2D eigenvalue weighted by Gasteiger charge is 2.44. The first-order chi connectivity index (χ1) is 21.3. The van der Waals surface area contributed by atoms with E-state index in [1.165, 1.54) is 12.8 Å². The summed E-state index contributed by atoms with van der Waals surface area (Å²) in [6.07, 6.45) is 16.7. The molecule has 4 N–H and O–H groups in total. The van der Waals surface area contributed by atoms with E-state index in [9.17, 15) is 30.0 Å².